The van der Waals surface area contributed by atoms with Gasteiger partial charge in [-0.25, -0.2) is 10.0 Å². The van der Waals surface area contributed by atoms with Crippen molar-refractivity contribution in [3.8, 4) is 5.82 Å². The molecule has 0 unspecified atom stereocenters. The maximum Gasteiger partial charge on any atom is 0.137 e. The van der Waals surface area contributed by atoms with E-state index in [1.165, 1.54) is 21.2 Å². The Morgan fingerprint density at radius 1 is 0.703 bits per heavy atom. The van der Waals surface area contributed by atoms with Crippen molar-refractivity contribution in [1.29, 1.82) is 0 Å². The minimum atomic E-state index is 0.935. The van der Waals surface area contributed by atoms with E-state index in [4.69, 9.17) is 9.92 Å². The first-order valence-corrected chi connectivity index (χ1v) is 13.0. The highest BCUT2D eigenvalue weighted by molar-refractivity contribution is 7.99. The predicted octanol–water partition coefficient (Wildman–Crippen LogP) is 8.07. The third-order valence-corrected chi connectivity index (χ3v) is 7.69. The number of anilines is 3. The van der Waals surface area contributed by atoms with Crippen LogP contribution >= 0.6 is 11.8 Å². The summed E-state index contributed by atoms with van der Waals surface area (Å²) in [5.74, 6) is 0.935. The molecule has 0 amide bonds. The minimum Gasteiger partial charge on any atom is -0.294 e. The van der Waals surface area contributed by atoms with Gasteiger partial charge in [0.2, 0.25) is 0 Å². The molecule has 37 heavy (non-hydrogen) atoms. The van der Waals surface area contributed by atoms with Crippen molar-refractivity contribution in [1.82, 2.24) is 9.55 Å². The van der Waals surface area contributed by atoms with Gasteiger partial charge >= 0.3 is 0 Å². The van der Waals surface area contributed by atoms with Gasteiger partial charge in [-0.3, -0.25) is 4.57 Å². The van der Waals surface area contributed by atoms with Gasteiger partial charge in [-0.2, -0.15) is 5.06 Å². The molecule has 2 aromatic heterocycles. The van der Waals surface area contributed by atoms with Gasteiger partial charge < -0.3 is 0 Å². The standard InChI is InChI=1S/C31H24N4OS/c1-21-16-17-32-31(18-21)34-27-11-4-3-10-25(27)26-15-14-24(20-30(26)34)37-23-9-7-8-22(19-23)35-29-13-6-5-12-28(29)33(2)36-35/h3-20H,1-2H3. The fraction of sp³-hybridized carbons (Fsp3) is 0.0645. The summed E-state index contributed by atoms with van der Waals surface area (Å²) >= 11 is 1.74. The molecule has 0 saturated carbocycles. The highest BCUT2D eigenvalue weighted by Gasteiger charge is 2.26. The normalized spacial score (nSPS) is 13.0. The van der Waals surface area contributed by atoms with Crippen LogP contribution in [0.15, 0.2) is 119 Å². The number of nitrogens with zero attached hydrogens (tertiary/aromatic N) is 4. The minimum absolute atomic E-state index is 0.935. The van der Waals surface area contributed by atoms with E-state index in [0.29, 0.717) is 0 Å². The molecule has 0 bridgehead atoms. The summed E-state index contributed by atoms with van der Waals surface area (Å²) in [5.41, 5.74) is 6.57. The van der Waals surface area contributed by atoms with Crippen molar-refractivity contribution in [3.63, 3.8) is 0 Å². The molecule has 4 aromatic carbocycles. The quantitative estimate of drug-likeness (QED) is 0.244. The fourth-order valence-corrected chi connectivity index (χ4v) is 5.92. The van der Waals surface area contributed by atoms with Gasteiger partial charge in [-0.1, -0.05) is 54.2 Å². The number of pyridine rings is 1. The number of hydroxylamine groups is 1. The van der Waals surface area contributed by atoms with Crippen LogP contribution in [-0.4, -0.2) is 16.6 Å². The zero-order valence-electron chi connectivity index (χ0n) is 20.5. The lowest BCUT2D eigenvalue weighted by molar-refractivity contribution is 0.142. The van der Waals surface area contributed by atoms with Gasteiger partial charge in [0.05, 0.1) is 28.1 Å². The SMILES string of the molecule is Cc1ccnc(-n2c3ccccc3c3ccc(Sc4cccc(N5ON(C)c6ccccc65)c4)cc32)c1. The van der Waals surface area contributed by atoms with E-state index < -0.39 is 0 Å². The average molecular weight is 501 g/mol. The number of rotatable bonds is 4. The summed E-state index contributed by atoms with van der Waals surface area (Å²) in [7, 11) is 1.93. The first kappa shape index (κ1) is 22.0. The van der Waals surface area contributed by atoms with Crippen molar-refractivity contribution in [3.05, 3.63) is 115 Å². The molecule has 0 fully saturated rings. The number of fused-ring (bicyclic) bond motifs is 4. The second-order valence-corrected chi connectivity index (χ2v) is 10.3. The predicted molar refractivity (Wildman–Crippen MR) is 152 cm³/mol. The maximum absolute atomic E-state index is 6.04. The number of benzene rings is 4. The van der Waals surface area contributed by atoms with Gasteiger partial charge in [-0.05, 0) is 73.2 Å². The van der Waals surface area contributed by atoms with Crippen LogP contribution in [0.25, 0.3) is 27.6 Å². The summed E-state index contributed by atoms with van der Waals surface area (Å²) in [6.07, 6.45) is 1.88. The van der Waals surface area contributed by atoms with Crippen molar-refractivity contribution >= 4 is 50.6 Å². The molecule has 7 rings (SSSR count). The molecular formula is C31H24N4OS. The van der Waals surface area contributed by atoms with Crippen LogP contribution in [0.2, 0.25) is 0 Å². The number of aromatic nitrogens is 2. The van der Waals surface area contributed by atoms with Crippen molar-refractivity contribution in [2.75, 3.05) is 17.2 Å². The molecule has 0 aliphatic carbocycles. The maximum atomic E-state index is 6.04. The number of hydrogen-bond acceptors (Lipinski definition) is 5. The van der Waals surface area contributed by atoms with E-state index in [-0.39, 0.29) is 0 Å². The molecule has 0 spiro atoms. The lowest BCUT2D eigenvalue weighted by Crippen LogP contribution is -2.20. The molecular weight excluding hydrogens is 476 g/mol. The third-order valence-electron chi connectivity index (χ3n) is 6.71. The molecule has 3 heterocycles. The van der Waals surface area contributed by atoms with E-state index in [9.17, 15) is 0 Å². The molecule has 0 N–H and O–H groups in total. The number of para-hydroxylation sites is 3. The Bertz CT molecular complexity index is 1790. The van der Waals surface area contributed by atoms with Crippen molar-refractivity contribution in [2.45, 2.75) is 16.7 Å². The molecule has 1 aliphatic rings. The fourth-order valence-electron chi connectivity index (χ4n) is 5.01. The monoisotopic (exact) mass is 500 g/mol. The molecule has 6 heteroatoms. The molecule has 0 atom stereocenters. The van der Waals surface area contributed by atoms with Gasteiger partial charge in [0.15, 0.2) is 0 Å². The van der Waals surface area contributed by atoms with Crippen LogP contribution in [-0.2, 0) is 4.94 Å². The Kier molecular flexibility index (Phi) is 5.16. The number of hydrogen-bond donors (Lipinski definition) is 0. The molecule has 6 aromatic rings. The van der Waals surface area contributed by atoms with Gasteiger partial charge in [0.25, 0.3) is 0 Å². The van der Waals surface area contributed by atoms with Gasteiger partial charge in [0.1, 0.15) is 5.82 Å². The van der Waals surface area contributed by atoms with Crippen LogP contribution in [0, 0.1) is 6.92 Å². The summed E-state index contributed by atoms with van der Waals surface area (Å²) in [6, 6.07) is 36.1. The lowest BCUT2D eigenvalue weighted by Gasteiger charge is -2.18. The van der Waals surface area contributed by atoms with Crippen LogP contribution < -0.4 is 10.1 Å². The Labute approximate surface area is 219 Å². The Balaban J connectivity index is 1.29. The zero-order chi connectivity index (χ0) is 24.9. The Hall–Kier alpha value is -4.26. The van der Waals surface area contributed by atoms with Crippen molar-refractivity contribution < 1.29 is 4.94 Å². The Morgan fingerprint density at radius 2 is 1.49 bits per heavy atom. The van der Waals surface area contributed by atoms with E-state index in [2.05, 4.69) is 96.4 Å². The van der Waals surface area contributed by atoms with Crippen LogP contribution in [0.5, 0.6) is 0 Å². The zero-order valence-corrected chi connectivity index (χ0v) is 21.3. The largest absolute Gasteiger partial charge is 0.294 e. The highest BCUT2D eigenvalue weighted by Crippen LogP contribution is 2.42. The first-order chi connectivity index (χ1) is 18.2. The average Bonchev–Trinajstić information content (AvgIpc) is 3.43. The van der Waals surface area contributed by atoms with E-state index >= 15 is 0 Å². The van der Waals surface area contributed by atoms with Crippen LogP contribution in [0.1, 0.15) is 5.56 Å². The number of aryl methyl sites for hydroxylation is 1. The van der Waals surface area contributed by atoms with Crippen LogP contribution in [0.3, 0.4) is 0 Å². The second-order valence-electron chi connectivity index (χ2n) is 9.18. The highest BCUT2D eigenvalue weighted by atomic mass is 32.2. The molecule has 0 radical (unpaired) electrons. The molecule has 0 saturated heterocycles. The van der Waals surface area contributed by atoms with Crippen molar-refractivity contribution in [2.24, 2.45) is 0 Å². The molecule has 180 valence electrons. The summed E-state index contributed by atoms with van der Waals surface area (Å²) in [4.78, 5) is 13.1. The topological polar surface area (TPSA) is 33.5 Å². The summed E-state index contributed by atoms with van der Waals surface area (Å²) in [6.45, 7) is 2.10. The van der Waals surface area contributed by atoms with Crippen LogP contribution in [0.4, 0.5) is 17.1 Å². The summed E-state index contributed by atoms with van der Waals surface area (Å²) in [5, 5.41) is 6.13. The third kappa shape index (κ3) is 3.73. The first-order valence-electron chi connectivity index (χ1n) is 12.2. The van der Waals surface area contributed by atoms with Gasteiger partial charge in [-0.15, -0.1) is 4.94 Å². The molecule has 5 nitrogen and oxygen atoms in total. The summed E-state index contributed by atoms with van der Waals surface area (Å²) < 4.78 is 2.27. The Morgan fingerprint density at radius 3 is 2.38 bits per heavy atom. The van der Waals surface area contributed by atoms with E-state index in [1.54, 1.807) is 16.8 Å². The molecule has 1 aliphatic heterocycles. The smallest absolute Gasteiger partial charge is 0.137 e. The van der Waals surface area contributed by atoms with E-state index in [0.717, 1.165) is 38.8 Å². The second kappa shape index (κ2) is 8.69. The van der Waals surface area contributed by atoms with E-state index in [1.807, 2.05) is 36.5 Å². The lowest BCUT2D eigenvalue weighted by atomic mass is 10.2. The van der Waals surface area contributed by atoms with Gasteiger partial charge in [0, 0.05) is 33.8 Å².